The highest BCUT2D eigenvalue weighted by Crippen LogP contribution is 2.45. The number of fused-ring (bicyclic) bond motifs is 4. The van der Waals surface area contributed by atoms with Gasteiger partial charge in [-0.3, -0.25) is 10.3 Å². The Kier molecular flexibility index (Phi) is 7.42. The highest BCUT2D eigenvalue weighted by molar-refractivity contribution is 7.22. The largest absolute Gasteiger partial charge is 0.486 e. The molecule has 2 aromatic carbocycles. The number of hydrogen-bond donors (Lipinski definition) is 1. The van der Waals surface area contributed by atoms with Crippen LogP contribution in [-0.4, -0.2) is 53.5 Å². The summed E-state index contributed by atoms with van der Waals surface area (Å²) in [7, 11) is 2.91. The quantitative estimate of drug-likeness (QED) is 0.297. The van der Waals surface area contributed by atoms with Crippen LogP contribution < -0.4 is 19.5 Å². The summed E-state index contributed by atoms with van der Waals surface area (Å²) in [6.07, 6.45) is 2.79. The number of anilines is 1. The van der Waals surface area contributed by atoms with Crippen molar-refractivity contribution in [2.75, 3.05) is 32.8 Å². The van der Waals surface area contributed by atoms with Gasteiger partial charge in [0.05, 0.1) is 37.0 Å². The predicted octanol–water partition coefficient (Wildman–Crippen LogP) is 5.87. The summed E-state index contributed by atoms with van der Waals surface area (Å²) in [5.74, 6) is 2.08. The molecule has 5 aromatic rings. The second-order valence-corrected chi connectivity index (χ2v) is 9.81. The number of thiazole rings is 1. The first kappa shape index (κ1) is 26.1. The van der Waals surface area contributed by atoms with E-state index in [2.05, 4.69) is 31.1 Å². The van der Waals surface area contributed by atoms with E-state index in [1.54, 1.807) is 43.0 Å². The van der Waals surface area contributed by atoms with Crippen molar-refractivity contribution in [3.8, 4) is 28.0 Å². The first-order valence-corrected chi connectivity index (χ1v) is 13.0. The molecule has 6 rings (SSSR count). The predicted molar refractivity (Wildman–Crippen MR) is 150 cm³/mol. The number of ether oxygens (including phenoxy) is 4. The number of amides is 1. The molecule has 0 saturated heterocycles. The van der Waals surface area contributed by atoms with Crippen LogP contribution in [0.5, 0.6) is 17.4 Å². The summed E-state index contributed by atoms with van der Waals surface area (Å²) in [5.41, 5.74) is 7.21. The molecule has 0 saturated carbocycles. The number of nitrogens with zero attached hydrogens (tertiary/aromatic N) is 4. The molecule has 0 aliphatic carbocycles. The SMILES string of the molecule is COC(=O)Nc1ccnc(C)c1.COc1cnc2c(-c3nc4c(C)cc5c(c4s3)OCCO5)cc(C)cc2n1. The molecule has 0 atom stereocenters. The van der Waals surface area contributed by atoms with Gasteiger partial charge < -0.3 is 18.9 Å². The molecule has 3 aromatic heterocycles. The van der Waals surface area contributed by atoms with Crippen molar-refractivity contribution in [2.45, 2.75) is 20.8 Å². The van der Waals surface area contributed by atoms with Gasteiger partial charge in [-0.2, -0.15) is 0 Å². The third-order valence-electron chi connectivity index (χ3n) is 5.90. The fourth-order valence-corrected chi connectivity index (χ4v) is 5.29. The van der Waals surface area contributed by atoms with Crippen LogP contribution in [0.4, 0.5) is 10.5 Å². The minimum Gasteiger partial charge on any atom is -0.486 e. The normalized spacial score (nSPS) is 12.0. The number of carbonyl (C=O) groups is 1. The maximum Gasteiger partial charge on any atom is 0.411 e. The molecule has 0 unspecified atom stereocenters. The van der Waals surface area contributed by atoms with Gasteiger partial charge in [0.15, 0.2) is 11.5 Å². The van der Waals surface area contributed by atoms with Crippen molar-refractivity contribution in [3.05, 3.63) is 59.5 Å². The molecule has 4 heterocycles. The van der Waals surface area contributed by atoms with Crippen molar-refractivity contribution in [2.24, 2.45) is 0 Å². The van der Waals surface area contributed by atoms with Gasteiger partial charge >= 0.3 is 6.09 Å². The third kappa shape index (κ3) is 5.53. The van der Waals surface area contributed by atoms with E-state index in [1.807, 2.05) is 32.9 Å². The highest BCUT2D eigenvalue weighted by atomic mass is 32.1. The van der Waals surface area contributed by atoms with Crippen molar-refractivity contribution >= 4 is 44.4 Å². The lowest BCUT2D eigenvalue weighted by molar-refractivity contribution is 0.174. The van der Waals surface area contributed by atoms with Crippen LogP contribution in [0.2, 0.25) is 0 Å². The van der Waals surface area contributed by atoms with Crippen LogP contribution >= 0.6 is 11.3 Å². The molecular weight excluding hydrogens is 518 g/mol. The average molecular weight is 546 g/mol. The molecule has 1 aliphatic heterocycles. The van der Waals surface area contributed by atoms with E-state index >= 15 is 0 Å². The van der Waals surface area contributed by atoms with Crippen molar-refractivity contribution in [1.29, 1.82) is 0 Å². The molecule has 10 nitrogen and oxygen atoms in total. The van der Waals surface area contributed by atoms with E-state index in [1.165, 1.54) is 7.11 Å². The van der Waals surface area contributed by atoms with Crippen LogP contribution in [-0.2, 0) is 4.74 Å². The number of hydrogen-bond acceptors (Lipinski definition) is 10. The topological polar surface area (TPSA) is 118 Å². The number of methoxy groups -OCH3 is 2. The number of aryl methyl sites for hydroxylation is 3. The van der Waals surface area contributed by atoms with E-state index < -0.39 is 6.09 Å². The van der Waals surface area contributed by atoms with E-state index in [-0.39, 0.29) is 0 Å². The molecule has 1 N–H and O–H groups in total. The van der Waals surface area contributed by atoms with Crippen molar-refractivity contribution in [3.63, 3.8) is 0 Å². The average Bonchev–Trinajstić information content (AvgIpc) is 3.39. The van der Waals surface area contributed by atoms with Crippen LogP contribution in [0.25, 0.3) is 31.8 Å². The number of aromatic nitrogens is 4. The summed E-state index contributed by atoms with van der Waals surface area (Å²) in [4.78, 5) is 28.7. The lowest BCUT2D eigenvalue weighted by atomic mass is 10.1. The zero-order valence-electron chi connectivity index (χ0n) is 22.2. The van der Waals surface area contributed by atoms with Gasteiger partial charge in [-0.15, -0.1) is 11.3 Å². The Morgan fingerprint density at radius 2 is 1.82 bits per heavy atom. The molecule has 11 heteroatoms. The summed E-state index contributed by atoms with van der Waals surface area (Å²) in [5, 5.41) is 3.42. The number of benzene rings is 2. The Morgan fingerprint density at radius 1 is 1.00 bits per heavy atom. The third-order valence-corrected chi connectivity index (χ3v) is 6.99. The monoisotopic (exact) mass is 545 g/mol. The van der Waals surface area contributed by atoms with Crippen LogP contribution in [0.3, 0.4) is 0 Å². The minimum absolute atomic E-state index is 0.472. The van der Waals surface area contributed by atoms with Crippen LogP contribution in [0.15, 0.2) is 42.7 Å². The Balaban J connectivity index is 0.000000217. The number of nitrogens with one attached hydrogen (secondary N) is 1. The summed E-state index contributed by atoms with van der Waals surface area (Å²) < 4.78 is 22.3. The molecule has 0 radical (unpaired) electrons. The van der Waals surface area contributed by atoms with Gasteiger partial charge in [-0.05, 0) is 62.2 Å². The highest BCUT2D eigenvalue weighted by Gasteiger charge is 2.22. The molecule has 0 spiro atoms. The molecule has 39 heavy (non-hydrogen) atoms. The van der Waals surface area contributed by atoms with Gasteiger partial charge in [0.2, 0.25) is 5.88 Å². The minimum atomic E-state index is -0.472. The molecule has 1 aliphatic rings. The van der Waals surface area contributed by atoms with Crippen molar-refractivity contribution in [1.82, 2.24) is 19.9 Å². The lowest BCUT2D eigenvalue weighted by Gasteiger charge is -2.19. The molecule has 1 amide bonds. The number of pyridine rings is 1. The lowest BCUT2D eigenvalue weighted by Crippen LogP contribution is -2.15. The van der Waals surface area contributed by atoms with Crippen LogP contribution in [0, 0.1) is 20.8 Å². The molecule has 0 bridgehead atoms. The van der Waals surface area contributed by atoms with Crippen LogP contribution in [0.1, 0.15) is 16.8 Å². The molecule has 0 fully saturated rings. The number of carbonyl (C=O) groups excluding carboxylic acids is 1. The van der Waals surface area contributed by atoms with E-state index in [4.69, 9.17) is 19.2 Å². The molecule has 200 valence electrons. The smallest absolute Gasteiger partial charge is 0.411 e. The van der Waals surface area contributed by atoms with Crippen molar-refractivity contribution < 1.29 is 23.7 Å². The summed E-state index contributed by atoms with van der Waals surface area (Å²) in [6.45, 7) is 7.06. The van der Waals surface area contributed by atoms with Gasteiger partial charge in [-0.1, -0.05) is 0 Å². The Labute approximate surface area is 229 Å². The van der Waals surface area contributed by atoms with Gasteiger partial charge in [-0.25, -0.2) is 19.7 Å². The maximum atomic E-state index is 10.7. The zero-order valence-corrected chi connectivity index (χ0v) is 23.0. The maximum absolute atomic E-state index is 10.7. The first-order chi connectivity index (χ1) is 18.9. The van der Waals surface area contributed by atoms with E-state index in [9.17, 15) is 4.79 Å². The summed E-state index contributed by atoms with van der Waals surface area (Å²) in [6, 6.07) is 9.56. The second kappa shape index (κ2) is 11.1. The Morgan fingerprint density at radius 3 is 2.59 bits per heavy atom. The Hall–Kier alpha value is -4.51. The van der Waals surface area contributed by atoms with Gasteiger partial charge in [0.25, 0.3) is 0 Å². The van der Waals surface area contributed by atoms with Gasteiger partial charge in [0, 0.05) is 23.1 Å². The summed E-state index contributed by atoms with van der Waals surface area (Å²) >= 11 is 1.60. The second-order valence-electron chi connectivity index (χ2n) is 8.81. The first-order valence-electron chi connectivity index (χ1n) is 12.2. The standard InChI is InChI=1S/C20H17N3O3S.C8H10N2O2/c1-10-6-12(17-13(7-10)22-15(24-3)9-21-17)20-23-16-11(2)8-14-18(19(16)27-20)26-5-4-25-14;1-6-5-7(3-4-9-6)10-8(11)12-2/h6-9H,4-5H2,1-3H3;3-5H,1-2H3,(H,9,10,11). The molecular formula is C28H27N5O5S. The van der Waals surface area contributed by atoms with E-state index in [0.29, 0.717) is 24.8 Å². The van der Waals surface area contributed by atoms with E-state index in [0.717, 1.165) is 60.1 Å². The fraction of sp³-hybridized carbons (Fsp3) is 0.250. The number of rotatable bonds is 3. The Bertz CT molecular complexity index is 1690. The fourth-order valence-electron chi connectivity index (χ4n) is 4.14. The van der Waals surface area contributed by atoms with Gasteiger partial charge in [0.1, 0.15) is 22.9 Å². The zero-order chi connectivity index (χ0) is 27.5.